The van der Waals surface area contributed by atoms with Crippen LogP contribution in [0.2, 0.25) is 10.0 Å². The van der Waals surface area contributed by atoms with Gasteiger partial charge in [0, 0.05) is 18.8 Å². The van der Waals surface area contributed by atoms with Crippen molar-refractivity contribution < 1.29 is 4.79 Å². The maximum atomic E-state index is 11.5. The third-order valence-corrected chi connectivity index (χ3v) is 3.19. The maximum absolute atomic E-state index is 11.5. The molecule has 4 nitrogen and oxygen atoms in total. The summed E-state index contributed by atoms with van der Waals surface area (Å²) >= 11 is 12.3. The van der Waals surface area contributed by atoms with Crippen LogP contribution in [0.15, 0.2) is 12.1 Å². The molecule has 2 rings (SSSR count). The largest absolute Gasteiger partial charge is 0.399 e. The molecular weight excluding hydrogens is 261 g/mol. The van der Waals surface area contributed by atoms with Gasteiger partial charge in [0.2, 0.25) is 5.91 Å². The molecule has 1 aliphatic heterocycles. The van der Waals surface area contributed by atoms with Crippen molar-refractivity contribution in [2.45, 2.75) is 6.42 Å². The van der Waals surface area contributed by atoms with E-state index >= 15 is 0 Å². The molecule has 1 aliphatic rings. The number of rotatable bonds is 1. The first-order valence-corrected chi connectivity index (χ1v) is 6.09. The smallest absolute Gasteiger partial charge is 0.239 e. The molecule has 1 saturated heterocycles. The van der Waals surface area contributed by atoms with Crippen LogP contribution in [0.3, 0.4) is 0 Å². The van der Waals surface area contributed by atoms with Crippen molar-refractivity contribution >= 4 is 40.5 Å². The normalized spacial score (nSPS) is 16.6. The lowest BCUT2D eigenvalue weighted by molar-refractivity contribution is -0.119. The third-order valence-electron chi connectivity index (χ3n) is 2.62. The summed E-state index contributed by atoms with van der Waals surface area (Å²) in [7, 11) is 0. The fraction of sp³-hybridized carbons (Fsp3) is 0.364. The number of benzene rings is 1. The summed E-state index contributed by atoms with van der Waals surface area (Å²) < 4.78 is 0. The highest BCUT2D eigenvalue weighted by atomic mass is 35.5. The number of anilines is 2. The van der Waals surface area contributed by atoms with Gasteiger partial charge in [0.15, 0.2) is 0 Å². The predicted octanol–water partition coefficient (Wildman–Crippen LogP) is 1.90. The summed E-state index contributed by atoms with van der Waals surface area (Å²) in [6.45, 7) is 1.69. The molecule has 1 fully saturated rings. The minimum atomic E-state index is -0.0218. The summed E-state index contributed by atoms with van der Waals surface area (Å²) in [6, 6.07) is 3.29. The molecule has 0 unspecified atom stereocenters. The number of halogens is 2. The number of carbonyl (C=O) groups is 1. The number of amides is 1. The van der Waals surface area contributed by atoms with E-state index in [1.54, 1.807) is 12.1 Å². The molecule has 0 saturated carbocycles. The molecule has 0 atom stereocenters. The molecule has 0 aromatic heterocycles. The Kier molecular flexibility index (Phi) is 3.64. The highest BCUT2D eigenvalue weighted by Crippen LogP contribution is 2.36. The first kappa shape index (κ1) is 12.3. The van der Waals surface area contributed by atoms with Crippen molar-refractivity contribution in [3.05, 3.63) is 22.2 Å². The Hall–Kier alpha value is -1.13. The second kappa shape index (κ2) is 5.02. The number of nitrogens with two attached hydrogens (primary N) is 1. The highest BCUT2D eigenvalue weighted by molar-refractivity contribution is 6.39. The molecule has 1 heterocycles. The molecule has 92 valence electrons. The van der Waals surface area contributed by atoms with Crippen LogP contribution in [0.25, 0.3) is 0 Å². The van der Waals surface area contributed by atoms with Gasteiger partial charge in [-0.05, 0) is 18.6 Å². The predicted molar refractivity (Wildman–Crippen MR) is 70.7 cm³/mol. The van der Waals surface area contributed by atoms with Gasteiger partial charge in [0.25, 0.3) is 0 Å². The molecule has 1 aromatic carbocycles. The Bertz CT molecular complexity index is 427. The van der Waals surface area contributed by atoms with E-state index in [2.05, 4.69) is 5.32 Å². The van der Waals surface area contributed by atoms with Crippen LogP contribution in [-0.2, 0) is 4.79 Å². The van der Waals surface area contributed by atoms with E-state index < -0.39 is 0 Å². The van der Waals surface area contributed by atoms with E-state index in [0.717, 1.165) is 13.0 Å². The lowest BCUT2D eigenvalue weighted by Crippen LogP contribution is -2.33. The minimum Gasteiger partial charge on any atom is -0.399 e. The fourth-order valence-corrected chi connectivity index (χ4v) is 2.63. The quantitative estimate of drug-likeness (QED) is 0.769. The van der Waals surface area contributed by atoms with Crippen LogP contribution in [0.4, 0.5) is 11.4 Å². The SMILES string of the molecule is Nc1cc(Cl)c(N2CCCNC(=O)C2)c(Cl)c1. The first-order chi connectivity index (χ1) is 8.08. The molecule has 3 N–H and O–H groups in total. The number of hydrogen-bond donors (Lipinski definition) is 2. The zero-order valence-electron chi connectivity index (χ0n) is 9.17. The Morgan fingerprint density at radius 3 is 2.59 bits per heavy atom. The van der Waals surface area contributed by atoms with Crippen molar-refractivity contribution in [1.29, 1.82) is 0 Å². The Balaban J connectivity index is 2.35. The maximum Gasteiger partial charge on any atom is 0.239 e. The molecule has 0 radical (unpaired) electrons. The van der Waals surface area contributed by atoms with Gasteiger partial charge in [0.05, 0.1) is 22.3 Å². The number of nitrogens with one attached hydrogen (secondary N) is 1. The number of carbonyl (C=O) groups excluding carboxylic acids is 1. The zero-order chi connectivity index (χ0) is 12.4. The van der Waals surface area contributed by atoms with Crippen LogP contribution >= 0.6 is 23.2 Å². The number of hydrogen-bond acceptors (Lipinski definition) is 3. The van der Waals surface area contributed by atoms with Crippen LogP contribution < -0.4 is 16.0 Å². The van der Waals surface area contributed by atoms with Gasteiger partial charge in [-0.3, -0.25) is 4.79 Å². The Morgan fingerprint density at radius 2 is 1.94 bits per heavy atom. The standard InChI is InChI=1S/C11H13Cl2N3O/c12-8-4-7(14)5-9(13)11(8)16-3-1-2-15-10(17)6-16/h4-5H,1-3,6,14H2,(H,15,17). The molecule has 0 bridgehead atoms. The van der Waals surface area contributed by atoms with Gasteiger partial charge in [-0.2, -0.15) is 0 Å². The highest BCUT2D eigenvalue weighted by Gasteiger charge is 2.20. The summed E-state index contributed by atoms with van der Waals surface area (Å²) in [5.41, 5.74) is 6.85. The van der Waals surface area contributed by atoms with Crippen LogP contribution in [0.1, 0.15) is 6.42 Å². The van der Waals surface area contributed by atoms with Crippen molar-refractivity contribution in [3.8, 4) is 0 Å². The summed E-state index contributed by atoms with van der Waals surface area (Å²) in [5, 5.41) is 3.76. The lowest BCUT2D eigenvalue weighted by Gasteiger charge is -2.24. The van der Waals surface area contributed by atoms with Crippen LogP contribution in [-0.4, -0.2) is 25.5 Å². The molecule has 17 heavy (non-hydrogen) atoms. The molecule has 1 aromatic rings. The fourth-order valence-electron chi connectivity index (χ4n) is 1.88. The van der Waals surface area contributed by atoms with E-state index in [1.807, 2.05) is 4.90 Å². The van der Waals surface area contributed by atoms with Gasteiger partial charge in [0.1, 0.15) is 0 Å². The van der Waals surface area contributed by atoms with Gasteiger partial charge in [-0.1, -0.05) is 23.2 Å². The van der Waals surface area contributed by atoms with Crippen molar-refractivity contribution in [1.82, 2.24) is 5.32 Å². The minimum absolute atomic E-state index is 0.0218. The van der Waals surface area contributed by atoms with Crippen LogP contribution in [0.5, 0.6) is 0 Å². The average molecular weight is 274 g/mol. The lowest BCUT2D eigenvalue weighted by atomic mass is 10.2. The molecule has 0 spiro atoms. The van der Waals surface area contributed by atoms with Crippen LogP contribution in [0, 0.1) is 0 Å². The molecular formula is C11H13Cl2N3O. The molecule has 1 amide bonds. The third kappa shape index (κ3) is 2.76. The van der Waals surface area contributed by atoms with Crippen molar-refractivity contribution in [2.75, 3.05) is 30.3 Å². The Labute approximate surface area is 110 Å². The summed E-state index contributed by atoms with van der Waals surface area (Å²) in [5.74, 6) is -0.0218. The van der Waals surface area contributed by atoms with Gasteiger partial charge in [-0.25, -0.2) is 0 Å². The Morgan fingerprint density at radius 1 is 1.29 bits per heavy atom. The monoisotopic (exact) mass is 273 g/mol. The average Bonchev–Trinajstić information content (AvgIpc) is 2.41. The van der Waals surface area contributed by atoms with Gasteiger partial charge < -0.3 is 16.0 Å². The van der Waals surface area contributed by atoms with E-state index in [4.69, 9.17) is 28.9 Å². The topological polar surface area (TPSA) is 58.4 Å². The first-order valence-electron chi connectivity index (χ1n) is 5.34. The summed E-state index contributed by atoms with van der Waals surface area (Å²) in [4.78, 5) is 13.4. The van der Waals surface area contributed by atoms with E-state index in [0.29, 0.717) is 28.0 Å². The molecule has 6 heteroatoms. The zero-order valence-corrected chi connectivity index (χ0v) is 10.7. The van der Waals surface area contributed by atoms with Crippen molar-refractivity contribution in [3.63, 3.8) is 0 Å². The second-order valence-corrected chi connectivity index (χ2v) is 4.77. The van der Waals surface area contributed by atoms with Crippen molar-refractivity contribution in [2.24, 2.45) is 0 Å². The van der Waals surface area contributed by atoms with E-state index in [9.17, 15) is 4.79 Å². The van der Waals surface area contributed by atoms with E-state index in [1.165, 1.54) is 0 Å². The van der Waals surface area contributed by atoms with Gasteiger partial charge in [-0.15, -0.1) is 0 Å². The second-order valence-electron chi connectivity index (χ2n) is 3.96. The number of nitrogens with zero attached hydrogens (tertiary/aromatic N) is 1. The summed E-state index contributed by atoms with van der Waals surface area (Å²) in [6.07, 6.45) is 0.864. The number of nitrogen functional groups attached to an aromatic ring is 1. The van der Waals surface area contributed by atoms with E-state index in [-0.39, 0.29) is 12.5 Å². The van der Waals surface area contributed by atoms with Gasteiger partial charge >= 0.3 is 0 Å². The molecule has 0 aliphatic carbocycles.